The topological polar surface area (TPSA) is 94.4 Å². The smallest absolute Gasteiger partial charge is 0.251 e. The first-order valence-electron chi connectivity index (χ1n) is 9.07. The van der Waals surface area contributed by atoms with Crippen LogP contribution in [0.4, 0.5) is 8.78 Å². The van der Waals surface area contributed by atoms with E-state index in [1.807, 2.05) is 6.07 Å². The van der Waals surface area contributed by atoms with Crippen molar-refractivity contribution in [3.63, 3.8) is 0 Å². The second-order valence-electron chi connectivity index (χ2n) is 6.44. The maximum Gasteiger partial charge on any atom is 0.251 e. The first-order valence-corrected chi connectivity index (χ1v) is 9.07. The molecule has 2 aromatic heterocycles. The van der Waals surface area contributed by atoms with Gasteiger partial charge in [0.1, 0.15) is 5.82 Å². The lowest BCUT2D eigenvalue weighted by Gasteiger charge is -2.32. The maximum atomic E-state index is 12.4. The van der Waals surface area contributed by atoms with Crippen molar-refractivity contribution >= 4 is 5.96 Å². The molecule has 3 rings (SSSR count). The van der Waals surface area contributed by atoms with E-state index in [-0.39, 0.29) is 12.6 Å². The highest BCUT2D eigenvalue weighted by atomic mass is 19.3. The number of likely N-dealkylation sites (tertiary alicyclic amines) is 1. The summed E-state index contributed by atoms with van der Waals surface area (Å²) in [5.74, 6) is 2.62. The Morgan fingerprint density at radius 2 is 2.26 bits per heavy atom. The number of aromatic nitrogens is 3. The Morgan fingerprint density at radius 3 is 2.93 bits per heavy atom. The number of nitrogens with zero attached hydrogens (tertiary/aromatic N) is 4. The third kappa shape index (κ3) is 5.75. The van der Waals surface area contributed by atoms with Crippen LogP contribution in [0.3, 0.4) is 0 Å². The highest BCUT2D eigenvalue weighted by molar-refractivity contribution is 5.79. The van der Waals surface area contributed by atoms with Crippen molar-refractivity contribution in [2.24, 2.45) is 4.99 Å². The average Bonchev–Trinajstić information content (AvgIpc) is 3.33. The van der Waals surface area contributed by atoms with Crippen molar-refractivity contribution in [2.45, 2.75) is 31.7 Å². The van der Waals surface area contributed by atoms with E-state index in [4.69, 9.17) is 4.42 Å². The molecule has 10 heteroatoms. The largest absolute Gasteiger partial charge is 0.461 e. The summed E-state index contributed by atoms with van der Waals surface area (Å²) in [5.41, 5.74) is 0. The third-order valence-corrected chi connectivity index (χ3v) is 4.48. The Bertz CT molecular complexity index is 709. The first kappa shape index (κ1) is 19.3. The van der Waals surface area contributed by atoms with E-state index in [0.717, 1.165) is 18.7 Å². The zero-order chi connectivity index (χ0) is 19.1. The van der Waals surface area contributed by atoms with Gasteiger partial charge in [-0.05, 0) is 25.0 Å². The van der Waals surface area contributed by atoms with Crippen molar-refractivity contribution < 1.29 is 13.2 Å². The Kier molecular flexibility index (Phi) is 6.74. The summed E-state index contributed by atoms with van der Waals surface area (Å²) in [6.45, 7) is 1.84. The molecule has 0 spiro atoms. The van der Waals surface area contributed by atoms with Crippen LogP contribution in [-0.4, -0.2) is 71.7 Å². The molecule has 0 bridgehead atoms. The normalized spacial score (nSPS) is 16.8. The Hall–Kier alpha value is -2.49. The standard InChI is InChI=1S/C17H25F2N7O/c1-20-17(22-12-5-8-26(9-6-12)11-14(18)19)21-7-4-15-23-16(25-24-15)13-3-2-10-27-13/h2-3,10,12,14H,4-9,11H2,1H3,(H2,20,21,22)(H,23,24,25). The number of piperidine rings is 1. The number of aromatic amines is 1. The fourth-order valence-corrected chi connectivity index (χ4v) is 3.07. The lowest BCUT2D eigenvalue weighted by molar-refractivity contribution is 0.0744. The SMILES string of the molecule is CN=C(NCCc1nc(-c2ccco2)n[nH]1)NC1CCN(CC(F)F)CC1. The number of hydrogen-bond acceptors (Lipinski definition) is 5. The van der Waals surface area contributed by atoms with Gasteiger partial charge in [0, 0.05) is 39.1 Å². The number of guanidine groups is 1. The van der Waals surface area contributed by atoms with E-state index in [1.54, 1.807) is 24.3 Å². The van der Waals surface area contributed by atoms with Crippen molar-refractivity contribution in [2.75, 3.05) is 33.2 Å². The predicted molar refractivity (Wildman–Crippen MR) is 97.8 cm³/mol. The van der Waals surface area contributed by atoms with Crippen LogP contribution in [0.2, 0.25) is 0 Å². The summed E-state index contributed by atoms with van der Waals surface area (Å²) in [4.78, 5) is 10.4. The number of halogens is 2. The van der Waals surface area contributed by atoms with Crippen LogP contribution in [0.1, 0.15) is 18.7 Å². The zero-order valence-corrected chi connectivity index (χ0v) is 15.3. The van der Waals surface area contributed by atoms with Gasteiger partial charge in [-0.1, -0.05) is 0 Å². The van der Waals surface area contributed by atoms with Crippen LogP contribution in [0.5, 0.6) is 0 Å². The molecule has 1 saturated heterocycles. The predicted octanol–water partition coefficient (Wildman–Crippen LogP) is 1.50. The molecule has 3 N–H and O–H groups in total. The highest BCUT2D eigenvalue weighted by Crippen LogP contribution is 2.14. The minimum Gasteiger partial charge on any atom is -0.461 e. The summed E-state index contributed by atoms with van der Waals surface area (Å²) >= 11 is 0. The fraction of sp³-hybridized carbons (Fsp3) is 0.588. The number of hydrogen-bond donors (Lipinski definition) is 3. The Morgan fingerprint density at radius 1 is 1.44 bits per heavy atom. The molecule has 27 heavy (non-hydrogen) atoms. The molecule has 0 aliphatic carbocycles. The van der Waals surface area contributed by atoms with Crippen molar-refractivity contribution in [3.05, 3.63) is 24.2 Å². The lowest BCUT2D eigenvalue weighted by atomic mass is 10.1. The summed E-state index contributed by atoms with van der Waals surface area (Å²) in [5, 5.41) is 13.6. The molecule has 8 nitrogen and oxygen atoms in total. The summed E-state index contributed by atoms with van der Waals surface area (Å²) < 4.78 is 30.1. The van der Waals surface area contributed by atoms with Crippen LogP contribution >= 0.6 is 0 Å². The van der Waals surface area contributed by atoms with E-state index in [9.17, 15) is 8.78 Å². The lowest BCUT2D eigenvalue weighted by Crippen LogP contribution is -2.49. The van der Waals surface area contributed by atoms with Gasteiger partial charge in [0.25, 0.3) is 6.43 Å². The molecular formula is C17H25F2N7O. The van der Waals surface area contributed by atoms with Crippen molar-refractivity contribution in [1.29, 1.82) is 0 Å². The van der Waals surface area contributed by atoms with Crippen LogP contribution < -0.4 is 10.6 Å². The van der Waals surface area contributed by atoms with Crippen LogP contribution in [0.25, 0.3) is 11.6 Å². The summed E-state index contributed by atoms with van der Waals surface area (Å²) in [6, 6.07) is 3.84. The molecule has 0 radical (unpaired) electrons. The minimum absolute atomic E-state index is 0.142. The van der Waals surface area contributed by atoms with Gasteiger partial charge >= 0.3 is 0 Å². The molecule has 0 unspecified atom stereocenters. The molecule has 148 valence electrons. The third-order valence-electron chi connectivity index (χ3n) is 4.48. The molecule has 0 saturated carbocycles. The number of alkyl halides is 2. The highest BCUT2D eigenvalue weighted by Gasteiger charge is 2.21. The Labute approximate surface area is 156 Å². The molecule has 1 fully saturated rings. The minimum atomic E-state index is -2.27. The molecule has 2 aromatic rings. The van der Waals surface area contributed by atoms with Gasteiger partial charge in [-0.2, -0.15) is 5.10 Å². The van der Waals surface area contributed by atoms with Gasteiger partial charge in [0.2, 0.25) is 5.82 Å². The molecule has 1 aliphatic rings. The van der Waals surface area contributed by atoms with E-state index in [1.165, 1.54) is 0 Å². The fourth-order valence-electron chi connectivity index (χ4n) is 3.07. The van der Waals surface area contributed by atoms with Crippen LogP contribution in [-0.2, 0) is 6.42 Å². The number of nitrogens with one attached hydrogen (secondary N) is 3. The van der Waals surface area contributed by atoms with Gasteiger partial charge in [-0.15, -0.1) is 0 Å². The van der Waals surface area contributed by atoms with Gasteiger partial charge in [-0.3, -0.25) is 15.0 Å². The first-order chi connectivity index (χ1) is 13.1. The second kappa shape index (κ2) is 9.45. The zero-order valence-electron chi connectivity index (χ0n) is 15.3. The molecule has 0 amide bonds. The van der Waals surface area contributed by atoms with E-state index < -0.39 is 6.43 Å². The van der Waals surface area contributed by atoms with Crippen molar-refractivity contribution in [1.82, 2.24) is 30.7 Å². The van der Waals surface area contributed by atoms with Gasteiger partial charge < -0.3 is 15.1 Å². The van der Waals surface area contributed by atoms with Gasteiger partial charge in [-0.25, -0.2) is 13.8 Å². The van der Waals surface area contributed by atoms with Gasteiger partial charge in [0.05, 0.1) is 12.8 Å². The summed E-state index contributed by atoms with van der Waals surface area (Å²) in [7, 11) is 1.71. The number of rotatable bonds is 7. The average molecular weight is 381 g/mol. The van der Waals surface area contributed by atoms with E-state index in [0.29, 0.717) is 43.6 Å². The van der Waals surface area contributed by atoms with Gasteiger partial charge in [0.15, 0.2) is 11.7 Å². The molecule has 3 heterocycles. The van der Waals surface area contributed by atoms with E-state index >= 15 is 0 Å². The van der Waals surface area contributed by atoms with Crippen LogP contribution in [0, 0.1) is 0 Å². The second-order valence-corrected chi connectivity index (χ2v) is 6.44. The molecular weight excluding hydrogens is 356 g/mol. The quantitative estimate of drug-likeness (QED) is 0.497. The van der Waals surface area contributed by atoms with Crippen LogP contribution in [0.15, 0.2) is 27.8 Å². The maximum absolute atomic E-state index is 12.4. The molecule has 1 aliphatic heterocycles. The van der Waals surface area contributed by atoms with Crippen molar-refractivity contribution in [3.8, 4) is 11.6 Å². The number of H-pyrrole nitrogens is 1. The molecule has 0 atom stereocenters. The number of furan rings is 1. The number of aliphatic imine (C=N–C) groups is 1. The Balaban J connectivity index is 1.39. The monoisotopic (exact) mass is 381 g/mol. The molecule has 0 aromatic carbocycles. The van der Waals surface area contributed by atoms with E-state index in [2.05, 4.69) is 30.8 Å². The summed E-state index contributed by atoms with van der Waals surface area (Å²) in [6.07, 6.45) is 1.61.